The highest BCUT2D eigenvalue weighted by atomic mass is 19.4. The van der Waals surface area contributed by atoms with E-state index in [9.17, 15) is 35.5 Å². The van der Waals surface area contributed by atoms with Gasteiger partial charge < -0.3 is 10.6 Å². The van der Waals surface area contributed by atoms with Crippen molar-refractivity contribution in [1.29, 1.82) is 0 Å². The van der Waals surface area contributed by atoms with Gasteiger partial charge in [-0.05, 0) is 93.1 Å². The molecule has 10 heteroatoms. The van der Waals surface area contributed by atoms with Gasteiger partial charge in [0.15, 0.2) is 0 Å². The fourth-order valence-corrected chi connectivity index (χ4v) is 4.50. The van der Waals surface area contributed by atoms with Crippen LogP contribution in [0.15, 0.2) is 42.5 Å². The maximum atomic E-state index is 13.4. The summed E-state index contributed by atoms with van der Waals surface area (Å²) in [6.45, 7) is 4.22. The Kier molecular flexibility index (Phi) is 7.83. The molecule has 0 bridgehead atoms. The molecule has 0 aliphatic carbocycles. The van der Waals surface area contributed by atoms with Crippen molar-refractivity contribution in [3.63, 3.8) is 0 Å². The van der Waals surface area contributed by atoms with E-state index in [1.807, 2.05) is 0 Å². The summed E-state index contributed by atoms with van der Waals surface area (Å²) < 4.78 is 93.2. The first kappa shape index (κ1) is 27.0. The second-order valence-electron chi connectivity index (χ2n) is 9.42. The molecule has 1 heterocycles. The zero-order chi connectivity index (χ0) is 26.0. The zero-order valence-electron chi connectivity index (χ0n) is 19.3. The SMILES string of the molecule is CC(C)(NC(=O)CC(c1ccc(F)cc1)C1CCNCC1)c1cc(C(F)(F)F)cc(C(F)(F)F)c1. The van der Waals surface area contributed by atoms with Crippen molar-refractivity contribution in [2.45, 2.75) is 56.9 Å². The van der Waals surface area contributed by atoms with Crippen LogP contribution in [0.3, 0.4) is 0 Å². The Morgan fingerprint density at radius 1 is 0.914 bits per heavy atom. The molecule has 1 saturated heterocycles. The summed E-state index contributed by atoms with van der Waals surface area (Å²) in [4.78, 5) is 13.0. The Balaban J connectivity index is 1.87. The van der Waals surface area contributed by atoms with E-state index in [1.165, 1.54) is 26.0 Å². The molecule has 1 aliphatic heterocycles. The topological polar surface area (TPSA) is 41.1 Å². The van der Waals surface area contributed by atoms with E-state index in [4.69, 9.17) is 0 Å². The summed E-state index contributed by atoms with van der Waals surface area (Å²) >= 11 is 0. The Bertz CT molecular complexity index is 991. The normalized spacial score (nSPS) is 16.7. The van der Waals surface area contributed by atoms with Crippen molar-refractivity contribution in [2.75, 3.05) is 13.1 Å². The number of halogens is 7. The molecular weight excluding hydrogens is 477 g/mol. The highest BCUT2D eigenvalue weighted by Crippen LogP contribution is 2.39. The lowest BCUT2D eigenvalue weighted by Crippen LogP contribution is -2.42. The molecule has 0 radical (unpaired) electrons. The Labute approximate surface area is 199 Å². The molecule has 3 nitrogen and oxygen atoms in total. The summed E-state index contributed by atoms with van der Waals surface area (Å²) in [6, 6.07) is 7.10. The van der Waals surface area contributed by atoms with Crippen molar-refractivity contribution in [1.82, 2.24) is 10.6 Å². The fraction of sp³-hybridized carbons (Fsp3) is 0.480. The van der Waals surface area contributed by atoms with E-state index in [-0.39, 0.29) is 29.9 Å². The molecule has 2 aromatic rings. The Morgan fingerprint density at radius 3 is 1.89 bits per heavy atom. The second-order valence-corrected chi connectivity index (χ2v) is 9.42. The van der Waals surface area contributed by atoms with Gasteiger partial charge in [0.1, 0.15) is 5.82 Å². The van der Waals surface area contributed by atoms with Crippen LogP contribution in [0.1, 0.15) is 61.3 Å². The molecular formula is C25H27F7N2O. The maximum Gasteiger partial charge on any atom is 0.416 e. The minimum absolute atomic E-state index is 0.0369. The summed E-state index contributed by atoms with van der Waals surface area (Å²) in [6.07, 6.45) is -8.45. The van der Waals surface area contributed by atoms with Crippen LogP contribution in [0.25, 0.3) is 0 Å². The molecule has 1 fully saturated rings. The number of carbonyl (C=O) groups excluding carboxylic acids is 1. The van der Waals surface area contributed by atoms with E-state index >= 15 is 0 Å². The number of hydrogen-bond acceptors (Lipinski definition) is 2. The maximum absolute atomic E-state index is 13.4. The minimum atomic E-state index is -4.99. The quantitative estimate of drug-likeness (QED) is 0.448. The second kappa shape index (κ2) is 10.2. The molecule has 0 aromatic heterocycles. The first-order chi connectivity index (χ1) is 16.2. The molecule has 2 aromatic carbocycles. The number of alkyl halides is 6. The smallest absolute Gasteiger partial charge is 0.347 e. The molecule has 0 spiro atoms. The van der Waals surface area contributed by atoms with Crippen molar-refractivity contribution in [3.05, 3.63) is 70.5 Å². The average molecular weight is 504 g/mol. The van der Waals surface area contributed by atoms with E-state index in [1.54, 1.807) is 12.1 Å². The first-order valence-electron chi connectivity index (χ1n) is 11.2. The van der Waals surface area contributed by atoms with Crippen LogP contribution in [-0.2, 0) is 22.7 Å². The van der Waals surface area contributed by atoms with Crippen molar-refractivity contribution in [3.8, 4) is 0 Å². The van der Waals surface area contributed by atoms with Crippen LogP contribution in [0.4, 0.5) is 30.7 Å². The third-order valence-corrected chi connectivity index (χ3v) is 6.42. The van der Waals surface area contributed by atoms with Crippen LogP contribution in [0.2, 0.25) is 0 Å². The monoisotopic (exact) mass is 504 g/mol. The number of hydrogen-bond donors (Lipinski definition) is 2. The Morgan fingerprint density at radius 2 is 1.40 bits per heavy atom. The van der Waals surface area contributed by atoms with Gasteiger partial charge in [-0.3, -0.25) is 4.79 Å². The molecule has 1 unspecified atom stereocenters. The largest absolute Gasteiger partial charge is 0.416 e. The number of amides is 1. The predicted molar refractivity (Wildman–Crippen MR) is 117 cm³/mol. The number of rotatable bonds is 6. The van der Waals surface area contributed by atoms with Gasteiger partial charge in [-0.2, -0.15) is 26.3 Å². The minimum Gasteiger partial charge on any atom is -0.347 e. The Hall–Kier alpha value is -2.62. The highest BCUT2D eigenvalue weighted by Gasteiger charge is 2.39. The molecule has 192 valence electrons. The molecule has 1 aliphatic rings. The molecule has 35 heavy (non-hydrogen) atoms. The van der Waals surface area contributed by atoms with Gasteiger partial charge in [0, 0.05) is 6.42 Å². The summed E-state index contributed by atoms with van der Waals surface area (Å²) in [5, 5.41) is 5.85. The van der Waals surface area contributed by atoms with E-state index in [0.717, 1.165) is 31.5 Å². The van der Waals surface area contributed by atoms with Crippen LogP contribution in [-0.4, -0.2) is 19.0 Å². The van der Waals surface area contributed by atoms with Crippen molar-refractivity contribution in [2.24, 2.45) is 5.92 Å². The van der Waals surface area contributed by atoms with Gasteiger partial charge in [0.2, 0.25) is 5.91 Å². The van der Waals surface area contributed by atoms with E-state index < -0.39 is 40.7 Å². The molecule has 0 saturated carbocycles. The lowest BCUT2D eigenvalue weighted by molar-refractivity contribution is -0.143. The number of nitrogens with one attached hydrogen (secondary N) is 2. The van der Waals surface area contributed by atoms with Crippen molar-refractivity contribution >= 4 is 5.91 Å². The summed E-state index contributed by atoms with van der Waals surface area (Å²) in [7, 11) is 0. The van der Waals surface area contributed by atoms with Gasteiger partial charge in [-0.15, -0.1) is 0 Å². The molecule has 1 amide bonds. The summed E-state index contributed by atoms with van der Waals surface area (Å²) in [5.41, 5.74) is -3.95. The number of piperidine rings is 1. The molecule has 2 N–H and O–H groups in total. The van der Waals surface area contributed by atoms with Gasteiger partial charge in [-0.25, -0.2) is 4.39 Å². The first-order valence-corrected chi connectivity index (χ1v) is 11.2. The van der Waals surface area contributed by atoms with Crippen LogP contribution >= 0.6 is 0 Å². The zero-order valence-corrected chi connectivity index (χ0v) is 19.3. The van der Waals surface area contributed by atoms with Gasteiger partial charge >= 0.3 is 12.4 Å². The number of carbonyl (C=O) groups is 1. The molecule has 1 atom stereocenters. The third-order valence-electron chi connectivity index (χ3n) is 6.42. The average Bonchev–Trinajstić information content (AvgIpc) is 2.77. The van der Waals surface area contributed by atoms with Crippen LogP contribution < -0.4 is 10.6 Å². The number of benzene rings is 2. The van der Waals surface area contributed by atoms with Crippen molar-refractivity contribution < 1.29 is 35.5 Å². The molecule has 3 rings (SSSR count). The highest BCUT2D eigenvalue weighted by molar-refractivity contribution is 5.78. The lowest BCUT2D eigenvalue weighted by Gasteiger charge is -2.33. The standard InChI is InChI=1S/C25H27F7N2O/c1-23(2,17-11-18(24(27,28)29)13-19(12-17)25(30,31)32)34-22(35)14-21(16-7-9-33-10-8-16)15-3-5-20(26)6-4-15/h3-6,11-13,16,21,33H,7-10,14H2,1-2H3,(H,34,35). The van der Waals surface area contributed by atoms with Gasteiger partial charge in [0.25, 0.3) is 0 Å². The summed E-state index contributed by atoms with van der Waals surface area (Å²) in [5.74, 6) is -1.11. The van der Waals surface area contributed by atoms with E-state index in [0.29, 0.717) is 12.1 Å². The van der Waals surface area contributed by atoms with Crippen LogP contribution in [0, 0.1) is 11.7 Å². The fourth-order valence-electron chi connectivity index (χ4n) is 4.50. The van der Waals surface area contributed by atoms with E-state index in [2.05, 4.69) is 10.6 Å². The predicted octanol–water partition coefficient (Wildman–Crippen LogP) is 6.39. The van der Waals surface area contributed by atoms with Gasteiger partial charge in [-0.1, -0.05) is 12.1 Å². The third kappa shape index (κ3) is 6.96. The van der Waals surface area contributed by atoms with Gasteiger partial charge in [0.05, 0.1) is 16.7 Å². The van der Waals surface area contributed by atoms with Crippen LogP contribution in [0.5, 0.6) is 0 Å². The lowest BCUT2D eigenvalue weighted by atomic mass is 9.78.